The van der Waals surface area contributed by atoms with E-state index in [1.165, 1.54) is 6.42 Å². The van der Waals surface area contributed by atoms with E-state index in [1.54, 1.807) is 0 Å². The van der Waals surface area contributed by atoms with Gasteiger partial charge >= 0.3 is 0 Å². The van der Waals surface area contributed by atoms with Crippen molar-refractivity contribution in [3.05, 3.63) is 42.4 Å². The Morgan fingerprint density at radius 1 is 0.903 bits per heavy atom. The average Bonchev–Trinajstić information content (AvgIpc) is 3.56. The lowest BCUT2D eigenvalue weighted by Gasteiger charge is -2.31. The molecule has 3 aromatic rings. The summed E-state index contributed by atoms with van der Waals surface area (Å²) < 4.78 is 1.93. The molecule has 3 fully saturated rings. The lowest BCUT2D eigenvalue weighted by Crippen LogP contribution is -2.41. The number of fused-ring (bicyclic) bond motifs is 1. The number of para-hydroxylation sites is 1. The van der Waals surface area contributed by atoms with Crippen molar-refractivity contribution in [2.45, 2.75) is 44.4 Å². The normalized spacial score (nSPS) is 20.0. The molecule has 2 aliphatic carbocycles. The fourth-order valence-corrected chi connectivity index (χ4v) is 4.70. The van der Waals surface area contributed by atoms with E-state index in [1.807, 2.05) is 29.1 Å². The molecule has 3 aliphatic rings. The topological polar surface area (TPSA) is 67.2 Å². The second-order valence-corrected chi connectivity index (χ2v) is 9.10. The number of hydrogen-bond donors (Lipinski definition) is 0. The summed E-state index contributed by atoms with van der Waals surface area (Å²) in [7, 11) is 0. The standard InChI is InChI=1S/C24H28N6O/c31-24(18-6-4-7-18)29-13-5-12-28(14-15-29)22-20-16-25-30(19-8-2-1-3-9-19)23(20)27-21(26-22)17-10-11-17/h1-3,8-9,16-18H,4-7,10-15H2. The first-order valence-corrected chi connectivity index (χ1v) is 11.6. The van der Waals surface area contributed by atoms with E-state index in [9.17, 15) is 4.79 Å². The number of hydrogen-bond acceptors (Lipinski definition) is 5. The number of aromatic nitrogens is 4. The van der Waals surface area contributed by atoms with Gasteiger partial charge in [0.15, 0.2) is 5.65 Å². The Hall–Kier alpha value is -2.96. The lowest BCUT2D eigenvalue weighted by atomic mass is 9.84. The van der Waals surface area contributed by atoms with E-state index in [0.717, 1.165) is 86.6 Å². The Morgan fingerprint density at radius 2 is 1.74 bits per heavy atom. The molecule has 160 valence electrons. The molecule has 1 aromatic carbocycles. The summed E-state index contributed by atoms with van der Waals surface area (Å²) in [6.07, 6.45) is 8.52. The van der Waals surface area contributed by atoms with Crippen LogP contribution in [0.3, 0.4) is 0 Å². The third-order valence-electron chi connectivity index (χ3n) is 6.93. The van der Waals surface area contributed by atoms with E-state index in [-0.39, 0.29) is 5.92 Å². The number of benzene rings is 1. The highest BCUT2D eigenvalue weighted by atomic mass is 16.2. The molecule has 0 bridgehead atoms. The van der Waals surface area contributed by atoms with Crippen molar-refractivity contribution in [3.63, 3.8) is 0 Å². The van der Waals surface area contributed by atoms with Crippen LogP contribution in [0.2, 0.25) is 0 Å². The van der Waals surface area contributed by atoms with Crippen molar-refractivity contribution in [2.75, 3.05) is 31.1 Å². The number of amides is 1. The Labute approximate surface area is 182 Å². The first kappa shape index (κ1) is 18.8. The molecule has 3 heterocycles. The maximum Gasteiger partial charge on any atom is 0.225 e. The van der Waals surface area contributed by atoms with Gasteiger partial charge in [-0.1, -0.05) is 24.6 Å². The molecule has 7 nitrogen and oxygen atoms in total. The predicted octanol–water partition coefficient (Wildman–Crippen LogP) is 3.53. The van der Waals surface area contributed by atoms with Crippen molar-refractivity contribution in [1.82, 2.24) is 24.6 Å². The van der Waals surface area contributed by atoms with Gasteiger partial charge in [-0.2, -0.15) is 5.10 Å². The fraction of sp³-hybridized carbons (Fsp3) is 0.500. The van der Waals surface area contributed by atoms with Gasteiger partial charge in [0, 0.05) is 38.0 Å². The number of anilines is 1. The van der Waals surface area contributed by atoms with Crippen molar-refractivity contribution < 1.29 is 4.79 Å². The molecule has 2 aromatic heterocycles. The second kappa shape index (κ2) is 7.62. The summed E-state index contributed by atoms with van der Waals surface area (Å²) >= 11 is 0. The predicted molar refractivity (Wildman–Crippen MR) is 119 cm³/mol. The van der Waals surface area contributed by atoms with Crippen LogP contribution < -0.4 is 4.90 Å². The summed E-state index contributed by atoms with van der Waals surface area (Å²) in [5.41, 5.74) is 1.89. The Kier molecular flexibility index (Phi) is 4.62. The minimum atomic E-state index is 0.267. The highest BCUT2D eigenvalue weighted by molar-refractivity contribution is 5.88. The average molecular weight is 417 g/mol. The molecule has 0 N–H and O–H groups in total. The van der Waals surface area contributed by atoms with E-state index in [4.69, 9.17) is 9.97 Å². The fourth-order valence-electron chi connectivity index (χ4n) is 4.70. The summed E-state index contributed by atoms with van der Waals surface area (Å²) in [5.74, 6) is 3.00. The van der Waals surface area contributed by atoms with Gasteiger partial charge in [-0.05, 0) is 44.2 Å². The molecule has 0 radical (unpaired) electrons. The molecule has 6 rings (SSSR count). The molecule has 2 saturated carbocycles. The van der Waals surface area contributed by atoms with Gasteiger partial charge in [0.1, 0.15) is 11.6 Å². The molecule has 1 amide bonds. The van der Waals surface area contributed by atoms with E-state index >= 15 is 0 Å². The van der Waals surface area contributed by atoms with Gasteiger partial charge in [0.05, 0.1) is 17.3 Å². The number of rotatable bonds is 4. The smallest absolute Gasteiger partial charge is 0.225 e. The van der Waals surface area contributed by atoms with Crippen LogP contribution in [0.4, 0.5) is 5.82 Å². The van der Waals surface area contributed by atoms with Crippen molar-refractivity contribution in [2.24, 2.45) is 5.92 Å². The van der Waals surface area contributed by atoms with E-state index in [2.05, 4.69) is 27.0 Å². The first-order chi connectivity index (χ1) is 15.3. The van der Waals surface area contributed by atoms with Crippen LogP contribution >= 0.6 is 0 Å². The maximum atomic E-state index is 12.8. The minimum absolute atomic E-state index is 0.267. The monoisotopic (exact) mass is 416 g/mol. The van der Waals surface area contributed by atoms with Crippen LogP contribution in [0, 0.1) is 5.92 Å². The zero-order chi connectivity index (χ0) is 20.8. The zero-order valence-corrected chi connectivity index (χ0v) is 17.8. The summed E-state index contributed by atoms with van der Waals surface area (Å²) in [4.78, 5) is 27.2. The summed E-state index contributed by atoms with van der Waals surface area (Å²) in [6.45, 7) is 3.33. The molecular formula is C24H28N6O. The molecular weight excluding hydrogens is 388 g/mol. The Morgan fingerprint density at radius 3 is 2.48 bits per heavy atom. The number of carbonyl (C=O) groups is 1. The molecule has 31 heavy (non-hydrogen) atoms. The van der Waals surface area contributed by atoms with Gasteiger partial charge in [0.2, 0.25) is 5.91 Å². The van der Waals surface area contributed by atoms with Crippen LogP contribution in [0.1, 0.15) is 50.3 Å². The quantitative estimate of drug-likeness (QED) is 0.651. The molecule has 7 heteroatoms. The van der Waals surface area contributed by atoms with Crippen LogP contribution in [0.5, 0.6) is 0 Å². The van der Waals surface area contributed by atoms with E-state index in [0.29, 0.717) is 11.8 Å². The molecule has 1 saturated heterocycles. The van der Waals surface area contributed by atoms with Gasteiger partial charge in [0.25, 0.3) is 0 Å². The highest BCUT2D eigenvalue weighted by Gasteiger charge is 2.32. The molecule has 1 aliphatic heterocycles. The molecule has 0 spiro atoms. The first-order valence-electron chi connectivity index (χ1n) is 11.6. The van der Waals surface area contributed by atoms with Gasteiger partial charge in [-0.25, -0.2) is 14.6 Å². The van der Waals surface area contributed by atoms with Crippen LogP contribution in [-0.4, -0.2) is 56.7 Å². The van der Waals surface area contributed by atoms with Gasteiger partial charge in [-0.3, -0.25) is 4.79 Å². The third kappa shape index (κ3) is 3.46. The van der Waals surface area contributed by atoms with Crippen LogP contribution in [0.25, 0.3) is 16.7 Å². The highest BCUT2D eigenvalue weighted by Crippen LogP contribution is 2.40. The largest absolute Gasteiger partial charge is 0.354 e. The molecule has 0 atom stereocenters. The van der Waals surface area contributed by atoms with Crippen LogP contribution in [0.15, 0.2) is 36.5 Å². The SMILES string of the molecule is O=C(C1CCC1)N1CCCN(c2nc(C3CC3)nc3c2cnn3-c2ccccc2)CC1. The maximum absolute atomic E-state index is 12.8. The summed E-state index contributed by atoms with van der Waals surface area (Å²) in [5, 5.41) is 5.67. The Balaban J connectivity index is 1.34. The summed E-state index contributed by atoms with van der Waals surface area (Å²) in [6, 6.07) is 10.2. The molecule has 0 unspecified atom stereocenters. The Bertz CT molecular complexity index is 1100. The van der Waals surface area contributed by atoms with Crippen molar-refractivity contribution in [3.8, 4) is 5.69 Å². The van der Waals surface area contributed by atoms with Crippen LogP contribution in [-0.2, 0) is 4.79 Å². The minimum Gasteiger partial charge on any atom is -0.354 e. The zero-order valence-electron chi connectivity index (χ0n) is 17.8. The second-order valence-electron chi connectivity index (χ2n) is 9.10. The number of carbonyl (C=O) groups excluding carboxylic acids is 1. The lowest BCUT2D eigenvalue weighted by molar-refractivity contribution is -0.137. The van der Waals surface area contributed by atoms with Gasteiger partial charge in [-0.15, -0.1) is 0 Å². The third-order valence-corrected chi connectivity index (χ3v) is 6.93. The number of nitrogens with zero attached hydrogens (tertiary/aromatic N) is 6. The van der Waals surface area contributed by atoms with Crippen molar-refractivity contribution >= 4 is 22.8 Å². The van der Waals surface area contributed by atoms with Crippen molar-refractivity contribution in [1.29, 1.82) is 0 Å². The van der Waals surface area contributed by atoms with E-state index < -0.39 is 0 Å². The van der Waals surface area contributed by atoms with Gasteiger partial charge < -0.3 is 9.80 Å².